The first-order chi connectivity index (χ1) is 12.6. The molecule has 3 nitrogen and oxygen atoms in total. The van der Waals surface area contributed by atoms with Crippen molar-refractivity contribution in [1.82, 2.24) is 0 Å². The number of ether oxygens (including phenoxy) is 1. The predicted octanol–water partition coefficient (Wildman–Crippen LogP) is 5.34. The first kappa shape index (κ1) is 19.0. The van der Waals surface area contributed by atoms with Gasteiger partial charge in [-0.25, -0.2) is 0 Å². The van der Waals surface area contributed by atoms with Gasteiger partial charge in [0.2, 0.25) is 0 Å². The molecule has 1 saturated heterocycles. The molecule has 2 aromatic carbocycles. The molecule has 3 atom stereocenters. The fourth-order valence-corrected chi connectivity index (χ4v) is 5.14. The fraction of sp³-hybridized carbons (Fsp3) is 0.333. The van der Waals surface area contributed by atoms with E-state index in [2.05, 4.69) is 0 Å². The third-order valence-corrected chi connectivity index (χ3v) is 6.46. The van der Waals surface area contributed by atoms with Gasteiger partial charge in [0.05, 0.1) is 13.0 Å². The lowest BCUT2D eigenvalue weighted by Gasteiger charge is -2.16. The average molecular weight is 389 g/mol. The van der Waals surface area contributed by atoms with Crippen molar-refractivity contribution in [2.45, 2.75) is 30.3 Å². The highest BCUT2D eigenvalue weighted by Crippen LogP contribution is 2.50. The van der Waals surface area contributed by atoms with E-state index in [0.29, 0.717) is 23.6 Å². The van der Waals surface area contributed by atoms with Crippen LogP contribution in [0.1, 0.15) is 40.9 Å². The lowest BCUT2D eigenvalue weighted by atomic mass is 9.88. The lowest BCUT2D eigenvalue weighted by Crippen LogP contribution is -2.25. The molecule has 1 fully saturated rings. The van der Waals surface area contributed by atoms with E-state index in [0.717, 1.165) is 5.56 Å². The number of thioether (sulfide) groups is 1. The molecular weight excluding hydrogens is 368 g/mol. The maximum Gasteiger partial charge on any atom is 0.306 e. The van der Waals surface area contributed by atoms with Gasteiger partial charge in [0.15, 0.2) is 5.78 Å². The first-order valence-corrected chi connectivity index (χ1v) is 10.1. The standard InChI is InChI=1S/C21H21ClO3S/c1-2-25-20(23)13-19-17(21(24)15-6-4-3-5-7-15)12-18(26-19)14-8-10-16(22)11-9-14/h3-11,17-19H,2,12-13H2,1H3/t17-,18+,19+/m0/s1. The summed E-state index contributed by atoms with van der Waals surface area (Å²) in [4.78, 5) is 25.1. The third-order valence-electron chi connectivity index (χ3n) is 4.57. The van der Waals surface area contributed by atoms with Gasteiger partial charge in [0.1, 0.15) is 0 Å². The number of carbonyl (C=O) groups is 2. The minimum Gasteiger partial charge on any atom is -0.466 e. The van der Waals surface area contributed by atoms with Crippen molar-refractivity contribution < 1.29 is 14.3 Å². The van der Waals surface area contributed by atoms with Crippen molar-refractivity contribution in [3.05, 3.63) is 70.7 Å². The molecule has 5 heteroatoms. The van der Waals surface area contributed by atoms with Crippen LogP contribution < -0.4 is 0 Å². The second-order valence-corrected chi connectivity index (χ2v) is 8.18. The zero-order chi connectivity index (χ0) is 18.5. The Bertz CT molecular complexity index is 761. The summed E-state index contributed by atoms with van der Waals surface area (Å²) in [5.41, 5.74) is 1.83. The van der Waals surface area contributed by atoms with E-state index in [-0.39, 0.29) is 34.6 Å². The molecule has 3 rings (SSSR count). The van der Waals surface area contributed by atoms with E-state index in [9.17, 15) is 9.59 Å². The number of hydrogen-bond acceptors (Lipinski definition) is 4. The number of Topliss-reactive ketones (excluding diaryl/α,β-unsaturated/α-hetero) is 1. The van der Waals surface area contributed by atoms with Crippen molar-refractivity contribution in [2.24, 2.45) is 5.92 Å². The summed E-state index contributed by atoms with van der Waals surface area (Å²) in [6, 6.07) is 17.0. The second kappa shape index (κ2) is 8.74. The Hall–Kier alpha value is -1.78. The molecule has 0 radical (unpaired) electrons. The van der Waals surface area contributed by atoms with Crippen molar-refractivity contribution in [3.8, 4) is 0 Å². The second-order valence-electron chi connectivity index (χ2n) is 6.30. The van der Waals surface area contributed by atoms with Crippen LogP contribution in [0.4, 0.5) is 0 Å². The Kier molecular flexibility index (Phi) is 6.38. The maximum atomic E-state index is 13.0. The summed E-state index contributed by atoms with van der Waals surface area (Å²) < 4.78 is 5.11. The Labute approximate surface area is 163 Å². The van der Waals surface area contributed by atoms with Gasteiger partial charge >= 0.3 is 5.97 Å². The molecule has 0 aliphatic carbocycles. The molecule has 2 aromatic rings. The molecular formula is C21H21ClO3S. The predicted molar refractivity (Wildman–Crippen MR) is 106 cm³/mol. The highest BCUT2D eigenvalue weighted by Gasteiger charge is 2.41. The van der Waals surface area contributed by atoms with Crippen LogP contribution in [0.2, 0.25) is 5.02 Å². The summed E-state index contributed by atoms with van der Waals surface area (Å²) in [5.74, 6) is -0.344. The summed E-state index contributed by atoms with van der Waals surface area (Å²) in [6.07, 6.45) is 0.968. The number of benzene rings is 2. The fourth-order valence-electron chi connectivity index (χ4n) is 3.30. The van der Waals surface area contributed by atoms with Crippen molar-refractivity contribution >= 4 is 35.1 Å². The van der Waals surface area contributed by atoms with Crippen LogP contribution in [-0.2, 0) is 9.53 Å². The maximum absolute atomic E-state index is 13.0. The number of hydrogen-bond donors (Lipinski definition) is 0. The molecule has 1 aliphatic heterocycles. The van der Waals surface area contributed by atoms with Crippen LogP contribution in [0.15, 0.2) is 54.6 Å². The normalized spacial score (nSPS) is 22.2. The van der Waals surface area contributed by atoms with E-state index in [1.54, 1.807) is 18.7 Å². The first-order valence-electron chi connectivity index (χ1n) is 8.74. The van der Waals surface area contributed by atoms with E-state index in [1.165, 1.54) is 0 Å². The molecule has 0 amide bonds. The monoisotopic (exact) mass is 388 g/mol. The SMILES string of the molecule is CCOC(=O)C[C@H]1S[C@@H](c2ccc(Cl)cc2)C[C@@H]1C(=O)c1ccccc1. The molecule has 136 valence electrons. The lowest BCUT2D eigenvalue weighted by molar-refractivity contribution is -0.143. The molecule has 0 spiro atoms. The molecule has 1 aliphatic rings. The Balaban J connectivity index is 1.82. The average Bonchev–Trinajstić information content (AvgIpc) is 3.06. The largest absolute Gasteiger partial charge is 0.466 e. The zero-order valence-corrected chi connectivity index (χ0v) is 16.1. The Morgan fingerprint density at radius 3 is 2.46 bits per heavy atom. The minimum atomic E-state index is -0.243. The van der Waals surface area contributed by atoms with Gasteiger partial charge in [-0.1, -0.05) is 54.1 Å². The molecule has 0 unspecified atom stereocenters. The molecule has 1 heterocycles. The highest BCUT2D eigenvalue weighted by atomic mass is 35.5. The van der Waals surface area contributed by atoms with Crippen molar-refractivity contribution in [1.29, 1.82) is 0 Å². The van der Waals surface area contributed by atoms with Gasteiger partial charge < -0.3 is 4.74 Å². The quantitative estimate of drug-likeness (QED) is 0.495. The summed E-state index contributed by atoms with van der Waals surface area (Å²) >= 11 is 7.68. The van der Waals surface area contributed by atoms with Crippen molar-refractivity contribution in [2.75, 3.05) is 6.61 Å². The molecule has 0 bridgehead atoms. The molecule has 0 N–H and O–H groups in total. The molecule has 26 heavy (non-hydrogen) atoms. The Morgan fingerprint density at radius 1 is 1.12 bits per heavy atom. The van der Waals surface area contributed by atoms with Crippen molar-refractivity contribution in [3.63, 3.8) is 0 Å². The van der Waals surface area contributed by atoms with Gasteiger partial charge in [-0.2, -0.15) is 0 Å². The zero-order valence-electron chi connectivity index (χ0n) is 14.6. The highest BCUT2D eigenvalue weighted by molar-refractivity contribution is 8.00. The smallest absolute Gasteiger partial charge is 0.306 e. The van der Waals surface area contributed by atoms with Crippen LogP contribution in [0.25, 0.3) is 0 Å². The van der Waals surface area contributed by atoms with Crippen LogP contribution in [0.5, 0.6) is 0 Å². The van der Waals surface area contributed by atoms with Crippen LogP contribution in [-0.4, -0.2) is 23.6 Å². The number of carbonyl (C=O) groups excluding carboxylic acids is 2. The van der Waals surface area contributed by atoms with Crippen LogP contribution >= 0.6 is 23.4 Å². The van der Waals surface area contributed by atoms with E-state index in [1.807, 2.05) is 54.6 Å². The number of ketones is 1. The molecule has 0 aromatic heterocycles. The van der Waals surface area contributed by atoms with Crippen LogP contribution in [0.3, 0.4) is 0 Å². The van der Waals surface area contributed by atoms with E-state index >= 15 is 0 Å². The number of halogens is 1. The summed E-state index contributed by atoms with van der Waals surface area (Å²) in [7, 11) is 0. The van der Waals surface area contributed by atoms with Crippen LogP contribution in [0, 0.1) is 5.92 Å². The van der Waals surface area contributed by atoms with Gasteiger partial charge in [-0.05, 0) is 31.0 Å². The van der Waals surface area contributed by atoms with E-state index < -0.39 is 0 Å². The minimum absolute atomic E-state index is 0.0811. The summed E-state index contributed by atoms with van der Waals surface area (Å²) in [5, 5.41) is 0.781. The number of esters is 1. The van der Waals surface area contributed by atoms with Gasteiger partial charge in [-0.15, -0.1) is 11.8 Å². The third kappa shape index (κ3) is 4.49. The topological polar surface area (TPSA) is 43.4 Å². The number of rotatable bonds is 6. The molecule has 0 saturated carbocycles. The van der Waals surface area contributed by atoms with Gasteiger partial charge in [-0.3, -0.25) is 9.59 Å². The van der Waals surface area contributed by atoms with Gasteiger partial charge in [0, 0.05) is 27.0 Å². The Morgan fingerprint density at radius 2 is 1.81 bits per heavy atom. The summed E-state index contributed by atoms with van der Waals surface area (Å²) in [6.45, 7) is 2.15. The van der Waals surface area contributed by atoms with Gasteiger partial charge in [0.25, 0.3) is 0 Å². The van der Waals surface area contributed by atoms with E-state index in [4.69, 9.17) is 16.3 Å².